The van der Waals surface area contributed by atoms with Crippen molar-refractivity contribution in [2.45, 2.75) is 0 Å². The Morgan fingerprint density at radius 1 is 0.422 bits per heavy atom. The smallest absolute Gasteiger partial charge is 0.403 e. The first kappa shape index (κ1) is 27.3. The van der Waals surface area contributed by atoms with Gasteiger partial charge in [0.2, 0.25) is 0 Å². The third kappa shape index (κ3) is 4.86. The second-order valence-corrected chi connectivity index (χ2v) is 12.4. The predicted molar refractivity (Wildman–Crippen MR) is 185 cm³/mol. The molecule has 0 unspecified atom stereocenters. The summed E-state index contributed by atoms with van der Waals surface area (Å²) in [5.41, 5.74) is 4.99. The van der Waals surface area contributed by atoms with Crippen molar-refractivity contribution in [1.29, 1.82) is 0 Å². The highest BCUT2D eigenvalue weighted by Gasteiger charge is 2.27. The molecule has 0 amide bonds. The fourth-order valence-electron chi connectivity index (χ4n) is 6.62. The number of fused-ring (bicyclic) bond motifs is 4. The molecule has 0 aliphatic heterocycles. The van der Waals surface area contributed by atoms with Crippen molar-refractivity contribution in [3.8, 4) is 39.1 Å². The Hall–Kier alpha value is -5.25. The van der Waals surface area contributed by atoms with Gasteiger partial charge >= 0.3 is 7.82 Å². The van der Waals surface area contributed by atoms with E-state index in [-0.39, 0.29) is 5.75 Å². The highest BCUT2D eigenvalue weighted by Crippen LogP contribution is 2.53. The molecular weight excluding hydrogens is 575 g/mol. The summed E-state index contributed by atoms with van der Waals surface area (Å²) in [6.07, 6.45) is 0. The van der Waals surface area contributed by atoms with Crippen molar-refractivity contribution in [2.24, 2.45) is 0 Å². The van der Waals surface area contributed by atoms with Crippen molar-refractivity contribution < 1.29 is 18.9 Å². The Kier molecular flexibility index (Phi) is 6.51. The second-order valence-electron chi connectivity index (χ2n) is 11.2. The van der Waals surface area contributed by atoms with E-state index in [9.17, 15) is 14.4 Å². The molecule has 0 saturated carbocycles. The third-order valence-electron chi connectivity index (χ3n) is 8.52. The van der Waals surface area contributed by atoms with E-state index >= 15 is 0 Å². The van der Waals surface area contributed by atoms with Gasteiger partial charge in [-0.3, -0.25) is 9.79 Å². The zero-order chi connectivity index (χ0) is 30.5. The third-order valence-corrected chi connectivity index (χ3v) is 8.94. The van der Waals surface area contributed by atoms with Crippen molar-refractivity contribution in [2.75, 3.05) is 0 Å². The van der Waals surface area contributed by atoms with Crippen LogP contribution < -0.4 is 4.52 Å². The van der Waals surface area contributed by atoms with E-state index in [4.69, 9.17) is 4.52 Å². The first-order valence-corrected chi connectivity index (χ1v) is 16.3. The van der Waals surface area contributed by atoms with Gasteiger partial charge < -0.3 is 4.52 Å². The summed E-state index contributed by atoms with van der Waals surface area (Å²) in [5, 5.41) is 8.00. The molecule has 0 atom stereocenters. The van der Waals surface area contributed by atoms with Crippen LogP contribution in [0, 0.1) is 0 Å². The lowest BCUT2D eigenvalue weighted by atomic mass is 9.86. The molecule has 0 aliphatic rings. The second kappa shape index (κ2) is 10.7. The summed E-state index contributed by atoms with van der Waals surface area (Å²) in [6.45, 7) is 0. The van der Waals surface area contributed by atoms with Gasteiger partial charge in [-0.1, -0.05) is 133 Å². The average Bonchev–Trinajstić information content (AvgIpc) is 3.06. The number of hydrogen-bond donors (Lipinski definition) is 2. The highest BCUT2D eigenvalue weighted by atomic mass is 31.2. The Bertz CT molecular complexity index is 2470. The molecular formula is C40H27O4P. The molecule has 0 aromatic heterocycles. The monoisotopic (exact) mass is 602 g/mol. The molecule has 0 bridgehead atoms. The Morgan fingerprint density at radius 3 is 1.51 bits per heavy atom. The number of phosphoric acid groups is 1. The fourth-order valence-corrected chi connectivity index (χ4v) is 7.05. The van der Waals surface area contributed by atoms with Gasteiger partial charge in [-0.15, -0.1) is 0 Å². The van der Waals surface area contributed by atoms with Crippen molar-refractivity contribution >= 4 is 50.9 Å². The van der Waals surface area contributed by atoms with Crippen molar-refractivity contribution in [3.05, 3.63) is 152 Å². The molecule has 0 heterocycles. The zero-order valence-electron chi connectivity index (χ0n) is 24.1. The molecule has 45 heavy (non-hydrogen) atoms. The van der Waals surface area contributed by atoms with E-state index in [0.29, 0.717) is 11.1 Å². The molecule has 0 fully saturated rings. The quantitative estimate of drug-likeness (QED) is 0.192. The molecule has 0 radical (unpaired) electrons. The zero-order valence-corrected chi connectivity index (χ0v) is 25.0. The maximum absolute atomic E-state index is 12.7. The number of phosphoric ester groups is 1. The maximum atomic E-state index is 12.7. The van der Waals surface area contributed by atoms with Gasteiger partial charge in [0.05, 0.1) is 0 Å². The molecule has 0 spiro atoms. The summed E-state index contributed by atoms with van der Waals surface area (Å²) in [4.78, 5) is 20.7. The van der Waals surface area contributed by atoms with E-state index < -0.39 is 7.82 Å². The summed E-state index contributed by atoms with van der Waals surface area (Å²) in [7, 11) is -4.98. The van der Waals surface area contributed by atoms with Crippen LogP contribution in [-0.2, 0) is 4.57 Å². The van der Waals surface area contributed by atoms with Crippen LogP contribution in [0.25, 0.3) is 76.5 Å². The van der Waals surface area contributed by atoms with Gasteiger partial charge in [0.15, 0.2) is 0 Å². The largest absolute Gasteiger partial charge is 0.524 e. The van der Waals surface area contributed by atoms with Gasteiger partial charge in [-0.05, 0) is 83.5 Å². The lowest BCUT2D eigenvalue weighted by molar-refractivity contribution is 0.284. The van der Waals surface area contributed by atoms with Gasteiger partial charge in [-0.25, -0.2) is 4.57 Å². The van der Waals surface area contributed by atoms with Crippen LogP contribution in [0.15, 0.2) is 152 Å². The first-order valence-electron chi connectivity index (χ1n) is 14.7. The minimum absolute atomic E-state index is 0.151. The van der Waals surface area contributed by atoms with Gasteiger partial charge in [-0.2, -0.15) is 0 Å². The van der Waals surface area contributed by atoms with Crippen LogP contribution in [0.1, 0.15) is 0 Å². The maximum Gasteiger partial charge on any atom is 0.524 e. The normalized spacial score (nSPS) is 11.9. The predicted octanol–water partition coefficient (Wildman–Crippen LogP) is 10.8. The summed E-state index contributed by atoms with van der Waals surface area (Å²) in [6, 6.07) is 50.9. The first-order chi connectivity index (χ1) is 21.9. The Labute approximate surface area is 260 Å². The van der Waals surface area contributed by atoms with Crippen LogP contribution in [-0.4, -0.2) is 9.79 Å². The van der Waals surface area contributed by atoms with E-state index in [1.54, 1.807) is 0 Å². The number of hydrogen-bond acceptors (Lipinski definition) is 2. The SMILES string of the molecule is O=P(O)(O)Oc1c(-c2cccc3ccccc23)cc2ccccc2c1-c1cc(-c2cccc3ccccc23)cc2ccccc12. The van der Waals surface area contributed by atoms with Crippen molar-refractivity contribution in [1.82, 2.24) is 0 Å². The lowest BCUT2D eigenvalue weighted by Gasteiger charge is -2.22. The van der Waals surface area contributed by atoms with Crippen LogP contribution in [0.2, 0.25) is 0 Å². The molecule has 0 aliphatic carbocycles. The highest BCUT2D eigenvalue weighted by molar-refractivity contribution is 7.46. The Morgan fingerprint density at radius 2 is 0.889 bits per heavy atom. The van der Waals surface area contributed by atoms with E-state index in [2.05, 4.69) is 54.6 Å². The molecule has 2 N–H and O–H groups in total. The summed E-state index contributed by atoms with van der Waals surface area (Å²) in [5.74, 6) is 0.151. The van der Waals surface area contributed by atoms with Gasteiger partial charge in [0, 0.05) is 11.1 Å². The van der Waals surface area contributed by atoms with Crippen LogP contribution in [0.4, 0.5) is 0 Å². The average molecular weight is 603 g/mol. The van der Waals surface area contributed by atoms with E-state index in [1.807, 2.05) is 97.1 Å². The van der Waals surface area contributed by atoms with Crippen molar-refractivity contribution in [3.63, 3.8) is 0 Å². The number of benzene rings is 8. The lowest BCUT2D eigenvalue weighted by Crippen LogP contribution is -1.98. The molecule has 0 saturated heterocycles. The molecule has 8 aromatic carbocycles. The molecule has 8 aromatic rings. The molecule has 8 rings (SSSR count). The van der Waals surface area contributed by atoms with Gasteiger partial charge in [0.1, 0.15) is 5.75 Å². The van der Waals surface area contributed by atoms with Crippen LogP contribution in [0.5, 0.6) is 5.75 Å². The van der Waals surface area contributed by atoms with E-state index in [1.165, 1.54) is 0 Å². The number of rotatable bonds is 5. The molecule has 4 nitrogen and oxygen atoms in total. The van der Waals surface area contributed by atoms with Crippen LogP contribution >= 0.6 is 7.82 Å². The molecule has 5 heteroatoms. The standard InChI is InChI=1S/C40H27O4P/c41-45(42,43)44-40-38(36-22-10-16-27-12-2-6-18-32(27)36)24-29-14-4-8-20-35(29)39(40)37-25-30(23-28-13-3-7-19-33(28)37)34-21-9-15-26-11-1-5-17-31(26)34/h1-25H,(H2,41,42,43). The summed E-state index contributed by atoms with van der Waals surface area (Å²) >= 11 is 0. The fraction of sp³-hybridized carbons (Fsp3) is 0. The Balaban J connectivity index is 1.54. The molecule has 216 valence electrons. The summed E-state index contributed by atoms with van der Waals surface area (Å²) < 4.78 is 18.5. The minimum atomic E-state index is -4.98. The van der Waals surface area contributed by atoms with E-state index in [0.717, 1.165) is 65.3 Å². The van der Waals surface area contributed by atoms with Gasteiger partial charge in [0.25, 0.3) is 0 Å². The van der Waals surface area contributed by atoms with Crippen LogP contribution in [0.3, 0.4) is 0 Å². The topological polar surface area (TPSA) is 66.8 Å². The minimum Gasteiger partial charge on any atom is -0.403 e.